The zero-order chi connectivity index (χ0) is 11.6. The van der Waals surface area contributed by atoms with E-state index in [1.165, 1.54) is 16.9 Å². The van der Waals surface area contributed by atoms with Crippen molar-refractivity contribution in [2.45, 2.75) is 31.2 Å². The summed E-state index contributed by atoms with van der Waals surface area (Å²) in [5.74, 6) is 1.12. The Bertz CT molecular complexity index is 292. The van der Waals surface area contributed by atoms with E-state index >= 15 is 0 Å². The van der Waals surface area contributed by atoms with E-state index in [1.54, 1.807) is 0 Å². The summed E-state index contributed by atoms with van der Waals surface area (Å²) < 4.78 is 0. The predicted molar refractivity (Wildman–Crippen MR) is 74.0 cm³/mol. The smallest absolute Gasteiger partial charge is 0.0205 e. The van der Waals surface area contributed by atoms with Gasteiger partial charge >= 0.3 is 0 Å². The molecule has 0 aliphatic heterocycles. The molecule has 0 bridgehead atoms. The van der Waals surface area contributed by atoms with Crippen LogP contribution in [0.2, 0.25) is 0 Å². The first-order chi connectivity index (χ1) is 7.86. The molecule has 1 aromatic carbocycles. The molecule has 16 heavy (non-hydrogen) atoms. The van der Waals surface area contributed by atoms with Gasteiger partial charge in [0, 0.05) is 17.2 Å². The van der Waals surface area contributed by atoms with Crippen LogP contribution in [0.5, 0.6) is 0 Å². The molecule has 1 rings (SSSR count). The Morgan fingerprint density at radius 3 is 2.69 bits per heavy atom. The molecule has 1 N–H and O–H groups in total. The summed E-state index contributed by atoms with van der Waals surface area (Å²) in [6.07, 6.45) is 4.23. The number of hydrogen-bond donors (Lipinski definition) is 1. The average molecular weight is 235 g/mol. The van der Waals surface area contributed by atoms with E-state index in [0.717, 1.165) is 25.3 Å². The number of thioether (sulfide) groups is 1. The van der Waals surface area contributed by atoms with Crippen LogP contribution in [0.25, 0.3) is 0 Å². The minimum Gasteiger partial charge on any atom is -0.313 e. The van der Waals surface area contributed by atoms with Crippen molar-refractivity contribution in [3.63, 3.8) is 0 Å². The molecule has 0 atom stereocenters. The van der Waals surface area contributed by atoms with Crippen LogP contribution in [0.1, 0.15) is 25.3 Å². The minimum atomic E-state index is 0.978. The van der Waals surface area contributed by atoms with Gasteiger partial charge in [-0.05, 0) is 37.1 Å². The van der Waals surface area contributed by atoms with Crippen molar-refractivity contribution in [2.75, 3.05) is 12.3 Å². The topological polar surface area (TPSA) is 12.0 Å². The summed E-state index contributed by atoms with van der Waals surface area (Å²) in [5.41, 5.74) is 1.36. The van der Waals surface area contributed by atoms with Crippen LogP contribution < -0.4 is 5.32 Å². The Balaban J connectivity index is 2.32. The van der Waals surface area contributed by atoms with E-state index in [1.807, 2.05) is 17.8 Å². The van der Waals surface area contributed by atoms with Gasteiger partial charge < -0.3 is 5.32 Å². The molecule has 0 saturated heterocycles. The van der Waals surface area contributed by atoms with Crippen molar-refractivity contribution in [3.8, 4) is 0 Å². The molecule has 1 nitrogen and oxygen atoms in total. The number of hydrogen-bond acceptors (Lipinski definition) is 2. The number of nitrogens with one attached hydrogen (secondary N) is 1. The third-order valence-electron chi connectivity index (χ3n) is 2.27. The maximum atomic E-state index is 3.73. The highest BCUT2D eigenvalue weighted by molar-refractivity contribution is 7.99. The van der Waals surface area contributed by atoms with Crippen molar-refractivity contribution >= 4 is 11.8 Å². The van der Waals surface area contributed by atoms with Crippen LogP contribution in [0.3, 0.4) is 0 Å². The first-order valence-electron chi connectivity index (χ1n) is 5.90. The lowest BCUT2D eigenvalue weighted by Crippen LogP contribution is -2.13. The molecule has 0 heterocycles. The predicted octanol–water partition coefficient (Wildman–Crippen LogP) is 3.85. The van der Waals surface area contributed by atoms with Gasteiger partial charge in [-0.15, -0.1) is 18.3 Å². The van der Waals surface area contributed by atoms with Crippen molar-refractivity contribution in [1.29, 1.82) is 0 Å². The average Bonchev–Trinajstić information content (AvgIpc) is 2.32. The fraction of sp³-hybridized carbons (Fsp3) is 0.429. The summed E-state index contributed by atoms with van der Waals surface area (Å²) in [5, 5.41) is 3.40. The van der Waals surface area contributed by atoms with E-state index in [2.05, 4.69) is 43.1 Å². The van der Waals surface area contributed by atoms with E-state index in [0.29, 0.717) is 0 Å². The van der Waals surface area contributed by atoms with Gasteiger partial charge in [-0.25, -0.2) is 0 Å². The SMILES string of the molecule is C=CCCSc1ccc(CNCCC)cc1. The van der Waals surface area contributed by atoms with Gasteiger partial charge in [-0.3, -0.25) is 0 Å². The fourth-order valence-electron chi connectivity index (χ4n) is 1.37. The van der Waals surface area contributed by atoms with Gasteiger partial charge in [0.2, 0.25) is 0 Å². The van der Waals surface area contributed by atoms with Crippen LogP contribution in [-0.2, 0) is 6.54 Å². The number of allylic oxidation sites excluding steroid dienone is 1. The van der Waals surface area contributed by atoms with Crippen molar-refractivity contribution in [3.05, 3.63) is 42.5 Å². The zero-order valence-corrected chi connectivity index (χ0v) is 10.9. The maximum Gasteiger partial charge on any atom is 0.0205 e. The Hall–Kier alpha value is -0.730. The largest absolute Gasteiger partial charge is 0.313 e. The highest BCUT2D eigenvalue weighted by atomic mass is 32.2. The summed E-state index contributed by atoms with van der Waals surface area (Å²) >= 11 is 1.89. The molecule has 0 radical (unpaired) electrons. The van der Waals surface area contributed by atoms with E-state index < -0.39 is 0 Å². The molecule has 0 aliphatic rings. The summed E-state index contributed by atoms with van der Waals surface area (Å²) in [6.45, 7) is 7.98. The molecular formula is C14H21NS. The highest BCUT2D eigenvalue weighted by Crippen LogP contribution is 2.19. The third kappa shape index (κ3) is 5.38. The minimum absolute atomic E-state index is 0.978. The lowest BCUT2D eigenvalue weighted by atomic mass is 10.2. The maximum absolute atomic E-state index is 3.73. The van der Waals surface area contributed by atoms with Gasteiger partial charge in [0.15, 0.2) is 0 Å². The Morgan fingerprint density at radius 1 is 1.31 bits per heavy atom. The zero-order valence-electron chi connectivity index (χ0n) is 10.0. The molecular weight excluding hydrogens is 214 g/mol. The van der Waals surface area contributed by atoms with Crippen LogP contribution in [-0.4, -0.2) is 12.3 Å². The molecule has 0 spiro atoms. The molecule has 0 fully saturated rings. The van der Waals surface area contributed by atoms with E-state index in [9.17, 15) is 0 Å². The first kappa shape index (κ1) is 13.3. The molecule has 88 valence electrons. The van der Waals surface area contributed by atoms with E-state index in [-0.39, 0.29) is 0 Å². The lowest BCUT2D eigenvalue weighted by molar-refractivity contribution is 0.675. The van der Waals surface area contributed by atoms with Gasteiger partial charge in [0.25, 0.3) is 0 Å². The van der Waals surface area contributed by atoms with Crippen molar-refractivity contribution < 1.29 is 0 Å². The van der Waals surface area contributed by atoms with Crippen LogP contribution in [0.15, 0.2) is 41.8 Å². The normalized spacial score (nSPS) is 10.3. The van der Waals surface area contributed by atoms with Crippen LogP contribution >= 0.6 is 11.8 Å². The second-order valence-electron chi connectivity index (χ2n) is 3.75. The quantitative estimate of drug-likeness (QED) is 0.417. The van der Waals surface area contributed by atoms with E-state index in [4.69, 9.17) is 0 Å². The van der Waals surface area contributed by atoms with Crippen LogP contribution in [0.4, 0.5) is 0 Å². The highest BCUT2D eigenvalue weighted by Gasteiger charge is 1.95. The van der Waals surface area contributed by atoms with Gasteiger partial charge in [-0.2, -0.15) is 0 Å². The van der Waals surface area contributed by atoms with Crippen molar-refractivity contribution in [1.82, 2.24) is 5.32 Å². The molecule has 0 saturated carbocycles. The monoisotopic (exact) mass is 235 g/mol. The third-order valence-corrected chi connectivity index (χ3v) is 3.32. The Kier molecular flexibility index (Phi) is 7.02. The summed E-state index contributed by atoms with van der Waals surface area (Å²) in [4.78, 5) is 1.35. The summed E-state index contributed by atoms with van der Waals surface area (Å²) in [7, 11) is 0. The fourth-order valence-corrected chi connectivity index (χ4v) is 2.22. The molecule has 0 unspecified atom stereocenters. The van der Waals surface area contributed by atoms with Gasteiger partial charge in [0.1, 0.15) is 0 Å². The Morgan fingerprint density at radius 2 is 2.06 bits per heavy atom. The second kappa shape index (κ2) is 8.43. The summed E-state index contributed by atoms with van der Waals surface area (Å²) in [6, 6.07) is 8.82. The first-order valence-corrected chi connectivity index (χ1v) is 6.88. The Labute approximate surface area is 103 Å². The molecule has 2 heteroatoms. The second-order valence-corrected chi connectivity index (χ2v) is 4.91. The molecule has 1 aromatic rings. The van der Waals surface area contributed by atoms with Crippen molar-refractivity contribution in [2.24, 2.45) is 0 Å². The molecule has 0 aliphatic carbocycles. The number of rotatable bonds is 8. The molecule has 0 aromatic heterocycles. The lowest BCUT2D eigenvalue weighted by Gasteiger charge is -2.04. The molecule has 0 amide bonds. The van der Waals surface area contributed by atoms with Crippen LogP contribution in [0, 0.1) is 0 Å². The van der Waals surface area contributed by atoms with Gasteiger partial charge in [0.05, 0.1) is 0 Å². The van der Waals surface area contributed by atoms with Gasteiger partial charge in [-0.1, -0.05) is 25.1 Å². The standard InChI is InChI=1S/C14H21NS/c1-3-5-11-16-14-8-6-13(7-9-14)12-15-10-4-2/h3,6-9,15H,1,4-5,10-12H2,2H3. The number of benzene rings is 1.